The highest BCUT2D eigenvalue weighted by Gasteiger charge is 2.39. The number of rotatable bonds is 6. The maximum atomic E-state index is 10.5. The second-order valence-electron chi connectivity index (χ2n) is 4.24. The van der Waals surface area contributed by atoms with Gasteiger partial charge in [0.2, 0.25) is 0 Å². The zero-order chi connectivity index (χ0) is 12.1. The number of hydrogen-bond acceptors (Lipinski definition) is 4. The molecule has 1 rings (SSSR count). The van der Waals surface area contributed by atoms with Crippen molar-refractivity contribution in [3.05, 3.63) is 0 Å². The van der Waals surface area contributed by atoms with E-state index in [9.17, 15) is 9.90 Å². The fourth-order valence-corrected chi connectivity index (χ4v) is 2.56. The van der Waals surface area contributed by atoms with Crippen LogP contribution in [0.2, 0.25) is 0 Å². The van der Waals surface area contributed by atoms with Gasteiger partial charge in [-0.15, -0.1) is 0 Å². The largest absolute Gasteiger partial charge is 0.481 e. The van der Waals surface area contributed by atoms with Crippen LogP contribution in [0.3, 0.4) is 0 Å². The van der Waals surface area contributed by atoms with E-state index in [2.05, 4.69) is 0 Å². The number of carboxylic acid groups (broad SMARTS) is 1. The second kappa shape index (κ2) is 6.18. The molecule has 0 radical (unpaired) electrons. The highest BCUT2D eigenvalue weighted by molar-refractivity contribution is 5.66. The molecule has 0 amide bonds. The average molecular weight is 232 g/mol. The molecule has 3 unspecified atom stereocenters. The van der Waals surface area contributed by atoms with Crippen LogP contribution >= 0.6 is 0 Å². The molecule has 3 atom stereocenters. The Labute approximate surface area is 95.4 Å². The third kappa shape index (κ3) is 3.17. The molecule has 0 bridgehead atoms. The van der Waals surface area contributed by atoms with Crippen LogP contribution in [0, 0.1) is 11.8 Å². The number of carboxylic acids is 1. The summed E-state index contributed by atoms with van der Waals surface area (Å²) in [6, 6.07) is 0. The van der Waals surface area contributed by atoms with Crippen LogP contribution in [-0.2, 0) is 14.3 Å². The number of aliphatic carboxylic acids is 1. The highest BCUT2D eigenvalue weighted by atomic mass is 16.7. The lowest BCUT2D eigenvalue weighted by atomic mass is 9.89. The summed E-state index contributed by atoms with van der Waals surface area (Å²) >= 11 is 0. The van der Waals surface area contributed by atoms with E-state index in [1.807, 2.05) is 0 Å². The van der Waals surface area contributed by atoms with Gasteiger partial charge in [0.15, 0.2) is 6.29 Å². The minimum Gasteiger partial charge on any atom is -0.481 e. The molecule has 1 aliphatic rings. The lowest BCUT2D eigenvalue weighted by Gasteiger charge is -2.27. The van der Waals surface area contributed by atoms with Crippen LogP contribution in [0.1, 0.15) is 25.7 Å². The fraction of sp³-hybridized carbons (Fsp3) is 0.909. The monoisotopic (exact) mass is 232 g/mol. The molecule has 5 heteroatoms. The van der Waals surface area contributed by atoms with Gasteiger partial charge in [-0.3, -0.25) is 4.79 Å². The molecule has 0 saturated heterocycles. The minimum absolute atomic E-state index is 0.0407. The standard InChI is InChI=1S/C11H20O5/c1-15-11(16-2)8-3-5-9(12)7(8)4-6-10(13)14/h7-9,11-12H,3-6H2,1-2H3,(H,13,14). The zero-order valence-electron chi connectivity index (χ0n) is 9.76. The summed E-state index contributed by atoms with van der Waals surface area (Å²) in [5.74, 6) is -0.783. The van der Waals surface area contributed by atoms with Crippen LogP contribution in [-0.4, -0.2) is 42.8 Å². The van der Waals surface area contributed by atoms with Gasteiger partial charge in [-0.05, 0) is 25.2 Å². The van der Waals surface area contributed by atoms with Crippen molar-refractivity contribution in [2.24, 2.45) is 11.8 Å². The van der Waals surface area contributed by atoms with Crippen molar-refractivity contribution in [3.63, 3.8) is 0 Å². The van der Waals surface area contributed by atoms with E-state index in [-0.39, 0.29) is 24.5 Å². The van der Waals surface area contributed by atoms with E-state index in [1.54, 1.807) is 14.2 Å². The number of aliphatic hydroxyl groups is 1. The molecule has 1 fully saturated rings. The van der Waals surface area contributed by atoms with E-state index in [0.29, 0.717) is 12.8 Å². The Morgan fingerprint density at radius 1 is 1.38 bits per heavy atom. The zero-order valence-corrected chi connectivity index (χ0v) is 9.76. The van der Waals surface area contributed by atoms with E-state index in [1.165, 1.54) is 0 Å². The fourth-order valence-electron chi connectivity index (χ4n) is 2.56. The predicted molar refractivity (Wildman–Crippen MR) is 56.9 cm³/mol. The van der Waals surface area contributed by atoms with Crippen molar-refractivity contribution in [2.75, 3.05) is 14.2 Å². The topological polar surface area (TPSA) is 76.0 Å². The molecule has 94 valence electrons. The number of hydrogen-bond donors (Lipinski definition) is 2. The molecule has 16 heavy (non-hydrogen) atoms. The lowest BCUT2D eigenvalue weighted by Crippen LogP contribution is -2.31. The van der Waals surface area contributed by atoms with E-state index >= 15 is 0 Å². The molecule has 0 aromatic carbocycles. The van der Waals surface area contributed by atoms with Crippen molar-refractivity contribution in [2.45, 2.75) is 38.1 Å². The molecule has 0 aromatic rings. The maximum Gasteiger partial charge on any atom is 0.303 e. The molecule has 1 saturated carbocycles. The summed E-state index contributed by atoms with van der Waals surface area (Å²) in [6.07, 6.45) is 1.28. The first-order valence-corrected chi connectivity index (χ1v) is 5.55. The van der Waals surface area contributed by atoms with Crippen molar-refractivity contribution in [3.8, 4) is 0 Å². The Hall–Kier alpha value is -0.650. The quantitative estimate of drug-likeness (QED) is 0.664. The summed E-state index contributed by atoms with van der Waals surface area (Å²) in [5, 5.41) is 18.5. The van der Waals surface area contributed by atoms with Crippen molar-refractivity contribution < 1.29 is 24.5 Å². The summed E-state index contributed by atoms with van der Waals surface area (Å²) in [5.41, 5.74) is 0. The van der Waals surface area contributed by atoms with Gasteiger partial charge in [0, 0.05) is 26.6 Å². The second-order valence-corrected chi connectivity index (χ2v) is 4.24. The summed E-state index contributed by atoms with van der Waals surface area (Å²) in [7, 11) is 3.13. The van der Waals surface area contributed by atoms with Crippen LogP contribution < -0.4 is 0 Å². The average Bonchev–Trinajstić information content (AvgIpc) is 2.59. The van der Waals surface area contributed by atoms with Gasteiger partial charge in [0.05, 0.1) is 6.10 Å². The first kappa shape index (κ1) is 13.4. The smallest absolute Gasteiger partial charge is 0.303 e. The molecule has 5 nitrogen and oxygen atoms in total. The van der Waals surface area contributed by atoms with Gasteiger partial charge < -0.3 is 19.7 Å². The molecule has 0 aromatic heterocycles. The molecule has 1 aliphatic carbocycles. The normalized spacial score (nSPS) is 29.9. The van der Waals surface area contributed by atoms with Gasteiger partial charge in [-0.2, -0.15) is 0 Å². The van der Waals surface area contributed by atoms with E-state index in [0.717, 1.165) is 6.42 Å². The number of methoxy groups -OCH3 is 2. The molecular formula is C11H20O5. The third-order valence-corrected chi connectivity index (χ3v) is 3.35. The van der Waals surface area contributed by atoms with Crippen LogP contribution in [0.25, 0.3) is 0 Å². The maximum absolute atomic E-state index is 10.5. The van der Waals surface area contributed by atoms with Gasteiger partial charge in [0.1, 0.15) is 0 Å². The van der Waals surface area contributed by atoms with Crippen LogP contribution in [0.4, 0.5) is 0 Å². The van der Waals surface area contributed by atoms with Gasteiger partial charge in [-0.25, -0.2) is 0 Å². The van der Waals surface area contributed by atoms with Crippen molar-refractivity contribution in [1.82, 2.24) is 0 Å². The van der Waals surface area contributed by atoms with Crippen molar-refractivity contribution >= 4 is 5.97 Å². The Bertz CT molecular complexity index is 226. The first-order chi connectivity index (χ1) is 7.60. The van der Waals surface area contributed by atoms with E-state index in [4.69, 9.17) is 14.6 Å². The molecule has 2 N–H and O–H groups in total. The van der Waals surface area contributed by atoms with Crippen molar-refractivity contribution in [1.29, 1.82) is 0 Å². The summed E-state index contributed by atoms with van der Waals surface area (Å²) < 4.78 is 10.4. The first-order valence-electron chi connectivity index (χ1n) is 5.55. The van der Waals surface area contributed by atoms with Gasteiger partial charge in [-0.1, -0.05) is 0 Å². The van der Waals surface area contributed by atoms with Crippen LogP contribution in [0.5, 0.6) is 0 Å². The molecule has 0 spiro atoms. The Morgan fingerprint density at radius 3 is 2.50 bits per heavy atom. The van der Waals surface area contributed by atoms with E-state index < -0.39 is 12.1 Å². The van der Waals surface area contributed by atoms with Gasteiger partial charge in [0.25, 0.3) is 0 Å². The molecule has 0 aliphatic heterocycles. The van der Waals surface area contributed by atoms with Gasteiger partial charge >= 0.3 is 5.97 Å². The lowest BCUT2D eigenvalue weighted by molar-refractivity contribution is -0.151. The Morgan fingerprint density at radius 2 is 2.00 bits per heavy atom. The predicted octanol–water partition coefficient (Wildman–Crippen LogP) is 0.857. The Balaban J connectivity index is 2.57. The summed E-state index contributed by atoms with van der Waals surface area (Å²) in [4.78, 5) is 10.5. The van der Waals surface area contributed by atoms with Crippen LogP contribution in [0.15, 0.2) is 0 Å². The molecular weight excluding hydrogens is 212 g/mol. The summed E-state index contributed by atoms with van der Waals surface area (Å²) in [6.45, 7) is 0. The highest BCUT2D eigenvalue weighted by Crippen LogP contribution is 2.38. The number of aliphatic hydroxyl groups excluding tert-OH is 1. The third-order valence-electron chi connectivity index (χ3n) is 3.35. The number of carbonyl (C=O) groups is 1. The number of ether oxygens (including phenoxy) is 2. The molecule has 0 heterocycles. The SMILES string of the molecule is COC(OC)C1CCC(O)C1CCC(=O)O. The Kier molecular flexibility index (Phi) is 5.18. The minimum atomic E-state index is -0.829.